The van der Waals surface area contributed by atoms with Gasteiger partial charge in [0, 0.05) is 0 Å². The standard InChI is InChI=1S/C9H11ClN4O/c1-2-6(15)3-14-5-13-7-8(10)11-4-12-9(7)14/h4-6,15H,2-3H2,1H3. The lowest BCUT2D eigenvalue weighted by Gasteiger charge is -2.08. The first-order valence-corrected chi connectivity index (χ1v) is 5.09. The zero-order valence-electron chi connectivity index (χ0n) is 8.26. The summed E-state index contributed by atoms with van der Waals surface area (Å²) < 4.78 is 1.77. The van der Waals surface area contributed by atoms with E-state index in [1.54, 1.807) is 10.9 Å². The molecular formula is C9H11ClN4O. The number of hydrogen-bond acceptors (Lipinski definition) is 4. The molecular weight excluding hydrogens is 216 g/mol. The van der Waals surface area contributed by atoms with Crippen molar-refractivity contribution in [1.82, 2.24) is 19.5 Å². The van der Waals surface area contributed by atoms with Gasteiger partial charge in [0.15, 0.2) is 10.8 Å². The number of nitrogens with zero attached hydrogens (tertiary/aromatic N) is 4. The molecule has 6 heteroatoms. The molecule has 15 heavy (non-hydrogen) atoms. The Morgan fingerprint density at radius 2 is 2.27 bits per heavy atom. The molecule has 1 N–H and O–H groups in total. The Balaban J connectivity index is 2.41. The molecule has 2 aromatic rings. The third-order valence-corrected chi connectivity index (χ3v) is 2.51. The van der Waals surface area contributed by atoms with E-state index in [1.807, 2.05) is 6.92 Å². The number of aliphatic hydroxyl groups is 1. The fourth-order valence-electron chi connectivity index (χ4n) is 1.34. The summed E-state index contributed by atoms with van der Waals surface area (Å²) in [6, 6.07) is 0. The van der Waals surface area contributed by atoms with Gasteiger partial charge >= 0.3 is 0 Å². The molecule has 0 fully saturated rings. The van der Waals surface area contributed by atoms with Crippen LogP contribution in [-0.4, -0.2) is 30.7 Å². The predicted octanol–water partition coefficient (Wildman–Crippen LogP) is 1.25. The normalized spacial score (nSPS) is 13.3. The van der Waals surface area contributed by atoms with Crippen LogP contribution in [0.4, 0.5) is 0 Å². The van der Waals surface area contributed by atoms with Crippen molar-refractivity contribution >= 4 is 22.8 Å². The molecule has 0 aliphatic heterocycles. The molecule has 0 aliphatic carbocycles. The van der Waals surface area contributed by atoms with E-state index in [0.717, 1.165) is 0 Å². The molecule has 1 unspecified atom stereocenters. The molecule has 0 saturated heterocycles. The molecule has 2 rings (SSSR count). The van der Waals surface area contributed by atoms with Crippen LogP contribution < -0.4 is 0 Å². The second-order valence-corrected chi connectivity index (χ2v) is 3.65. The number of aliphatic hydroxyl groups excluding tert-OH is 1. The maximum Gasteiger partial charge on any atom is 0.164 e. The largest absolute Gasteiger partial charge is 0.391 e. The molecule has 0 amide bonds. The van der Waals surface area contributed by atoms with Crippen LogP contribution in [0, 0.1) is 0 Å². The zero-order chi connectivity index (χ0) is 10.8. The second-order valence-electron chi connectivity index (χ2n) is 3.30. The van der Waals surface area contributed by atoms with Crippen molar-refractivity contribution < 1.29 is 5.11 Å². The van der Waals surface area contributed by atoms with Crippen molar-refractivity contribution in [3.63, 3.8) is 0 Å². The van der Waals surface area contributed by atoms with E-state index in [0.29, 0.717) is 29.3 Å². The molecule has 0 saturated carbocycles. The Labute approximate surface area is 91.7 Å². The molecule has 0 radical (unpaired) electrons. The Hall–Kier alpha value is -1.20. The van der Waals surface area contributed by atoms with Crippen molar-refractivity contribution in [3.05, 3.63) is 17.8 Å². The van der Waals surface area contributed by atoms with E-state index >= 15 is 0 Å². The van der Waals surface area contributed by atoms with E-state index in [2.05, 4.69) is 15.0 Å². The van der Waals surface area contributed by atoms with Crippen LogP contribution in [0.15, 0.2) is 12.7 Å². The first kappa shape index (κ1) is 10.3. The molecule has 0 bridgehead atoms. The van der Waals surface area contributed by atoms with Gasteiger partial charge in [0.2, 0.25) is 0 Å². The third-order valence-electron chi connectivity index (χ3n) is 2.24. The molecule has 80 valence electrons. The summed E-state index contributed by atoms with van der Waals surface area (Å²) in [6.45, 7) is 2.39. The lowest BCUT2D eigenvalue weighted by atomic mass is 10.3. The minimum absolute atomic E-state index is 0.338. The number of fused-ring (bicyclic) bond motifs is 1. The first-order valence-electron chi connectivity index (χ1n) is 4.71. The van der Waals surface area contributed by atoms with Crippen molar-refractivity contribution in [2.45, 2.75) is 26.0 Å². The lowest BCUT2D eigenvalue weighted by molar-refractivity contribution is 0.151. The minimum atomic E-state index is -0.392. The molecule has 0 aromatic carbocycles. The Bertz CT molecular complexity index is 470. The summed E-state index contributed by atoms with van der Waals surface area (Å²) in [5.41, 5.74) is 1.23. The van der Waals surface area contributed by atoms with Crippen LogP contribution in [0.1, 0.15) is 13.3 Å². The number of imidazole rings is 1. The quantitative estimate of drug-likeness (QED) is 0.801. The minimum Gasteiger partial charge on any atom is -0.391 e. The van der Waals surface area contributed by atoms with Crippen molar-refractivity contribution in [1.29, 1.82) is 0 Å². The van der Waals surface area contributed by atoms with Crippen LogP contribution in [0.3, 0.4) is 0 Å². The van der Waals surface area contributed by atoms with Crippen LogP contribution in [0.2, 0.25) is 5.15 Å². The Morgan fingerprint density at radius 3 is 3.00 bits per heavy atom. The molecule has 0 aliphatic rings. The van der Waals surface area contributed by atoms with E-state index in [1.165, 1.54) is 6.33 Å². The Morgan fingerprint density at radius 1 is 1.47 bits per heavy atom. The number of hydrogen-bond donors (Lipinski definition) is 1. The average molecular weight is 227 g/mol. The van der Waals surface area contributed by atoms with E-state index in [9.17, 15) is 5.11 Å². The van der Waals surface area contributed by atoms with Crippen LogP contribution >= 0.6 is 11.6 Å². The summed E-state index contributed by atoms with van der Waals surface area (Å²) in [5.74, 6) is 0. The molecule has 2 aromatic heterocycles. The summed E-state index contributed by atoms with van der Waals surface area (Å²) in [4.78, 5) is 12.0. The highest BCUT2D eigenvalue weighted by molar-refractivity contribution is 6.33. The van der Waals surface area contributed by atoms with E-state index < -0.39 is 6.10 Å². The zero-order valence-corrected chi connectivity index (χ0v) is 9.02. The highest BCUT2D eigenvalue weighted by atomic mass is 35.5. The number of halogens is 1. The van der Waals surface area contributed by atoms with E-state index in [4.69, 9.17) is 11.6 Å². The smallest absolute Gasteiger partial charge is 0.164 e. The van der Waals surface area contributed by atoms with Gasteiger partial charge in [-0.1, -0.05) is 18.5 Å². The number of aromatic nitrogens is 4. The van der Waals surface area contributed by atoms with Crippen LogP contribution in [-0.2, 0) is 6.54 Å². The van der Waals surface area contributed by atoms with Gasteiger partial charge in [-0.25, -0.2) is 15.0 Å². The van der Waals surface area contributed by atoms with Gasteiger partial charge in [0.1, 0.15) is 11.8 Å². The van der Waals surface area contributed by atoms with Crippen molar-refractivity contribution in [2.24, 2.45) is 0 Å². The van der Waals surface area contributed by atoms with E-state index in [-0.39, 0.29) is 0 Å². The van der Waals surface area contributed by atoms with Crippen molar-refractivity contribution in [2.75, 3.05) is 0 Å². The molecule has 2 heterocycles. The SMILES string of the molecule is CCC(O)Cn1cnc2c(Cl)ncnc21. The predicted molar refractivity (Wildman–Crippen MR) is 56.6 cm³/mol. The van der Waals surface area contributed by atoms with Gasteiger partial charge < -0.3 is 9.67 Å². The summed E-state index contributed by atoms with van der Waals surface area (Å²) in [6.07, 6.45) is 3.31. The lowest BCUT2D eigenvalue weighted by Crippen LogP contribution is -2.14. The summed E-state index contributed by atoms with van der Waals surface area (Å²) in [7, 11) is 0. The third kappa shape index (κ3) is 1.93. The van der Waals surface area contributed by atoms with Gasteiger partial charge in [-0.3, -0.25) is 0 Å². The maximum atomic E-state index is 9.53. The number of rotatable bonds is 3. The van der Waals surface area contributed by atoms with Gasteiger partial charge in [0.25, 0.3) is 0 Å². The van der Waals surface area contributed by atoms with Gasteiger partial charge in [-0.05, 0) is 6.42 Å². The molecule has 0 spiro atoms. The summed E-state index contributed by atoms with van der Waals surface area (Å²) >= 11 is 5.85. The Kier molecular flexibility index (Phi) is 2.83. The van der Waals surface area contributed by atoms with Gasteiger partial charge in [0.05, 0.1) is 19.0 Å². The maximum absolute atomic E-state index is 9.53. The fraction of sp³-hybridized carbons (Fsp3) is 0.444. The molecule has 1 atom stereocenters. The molecule has 5 nitrogen and oxygen atoms in total. The fourth-order valence-corrected chi connectivity index (χ4v) is 1.52. The highest BCUT2D eigenvalue weighted by Gasteiger charge is 2.10. The van der Waals surface area contributed by atoms with Crippen LogP contribution in [0.25, 0.3) is 11.2 Å². The highest BCUT2D eigenvalue weighted by Crippen LogP contribution is 2.17. The topological polar surface area (TPSA) is 63.8 Å². The first-order chi connectivity index (χ1) is 7.22. The second kappa shape index (κ2) is 4.12. The van der Waals surface area contributed by atoms with Crippen molar-refractivity contribution in [3.8, 4) is 0 Å². The van der Waals surface area contributed by atoms with Crippen LogP contribution in [0.5, 0.6) is 0 Å². The average Bonchev–Trinajstić information content (AvgIpc) is 2.63. The van der Waals surface area contributed by atoms with Gasteiger partial charge in [-0.2, -0.15) is 0 Å². The van der Waals surface area contributed by atoms with Gasteiger partial charge in [-0.15, -0.1) is 0 Å². The summed E-state index contributed by atoms with van der Waals surface area (Å²) in [5, 5.41) is 9.87. The monoisotopic (exact) mass is 226 g/mol.